The van der Waals surface area contributed by atoms with Gasteiger partial charge in [0.05, 0.1) is 6.42 Å². The standard InChI is InChI=1S/C17H21N3OS/c1-13-4-2-6-16(18-13)20-8-3-5-15(11-20)19-17(21)10-14-7-9-22-12-14/h2,4,6-7,9,12,15H,3,5,8,10-11H2,1H3,(H,19,21). The topological polar surface area (TPSA) is 45.2 Å². The second kappa shape index (κ2) is 6.92. The van der Waals surface area contributed by atoms with Gasteiger partial charge >= 0.3 is 0 Å². The van der Waals surface area contributed by atoms with Gasteiger partial charge in [0, 0.05) is 24.8 Å². The number of hydrogen-bond acceptors (Lipinski definition) is 4. The highest BCUT2D eigenvalue weighted by Crippen LogP contribution is 2.18. The fraction of sp³-hybridized carbons (Fsp3) is 0.412. The Morgan fingerprint density at radius 1 is 1.45 bits per heavy atom. The maximum atomic E-state index is 12.1. The molecule has 4 nitrogen and oxygen atoms in total. The van der Waals surface area contributed by atoms with Gasteiger partial charge in [-0.1, -0.05) is 6.07 Å². The molecule has 0 aliphatic carbocycles. The molecule has 1 saturated heterocycles. The number of nitrogens with zero attached hydrogens (tertiary/aromatic N) is 2. The summed E-state index contributed by atoms with van der Waals surface area (Å²) in [6.07, 6.45) is 2.60. The molecule has 0 saturated carbocycles. The summed E-state index contributed by atoms with van der Waals surface area (Å²) in [5, 5.41) is 7.21. The van der Waals surface area contributed by atoms with Crippen LogP contribution < -0.4 is 10.2 Å². The van der Waals surface area contributed by atoms with E-state index in [1.54, 1.807) is 11.3 Å². The Balaban J connectivity index is 1.57. The zero-order valence-corrected chi connectivity index (χ0v) is 13.6. The number of carbonyl (C=O) groups excluding carboxylic acids is 1. The molecule has 22 heavy (non-hydrogen) atoms. The molecule has 1 aliphatic rings. The van der Waals surface area contributed by atoms with Gasteiger partial charge < -0.3 is 10.2 Å². The fourth-order valence-electron chi connectivity index (χ4n) is 2.87. The number of anilines is 1. The molecule has 1 aliphatic heterocycles. The van der Waals surface area contributed by atoms with E-state index < -0.39 is 0 Å². The lowest BCUT2D eigenvalue weighted by Crippen LogP contribution is -2.48. The molecule has 1 fully saturated rings. The van der Waals surface area contributed by atoms with Gasteiger partial charge in [-0.05, 0) is 54.3 Å². The third kappa shape index (κ3) is 3.85. The summed E-state index contributed by atoms with van der Waals surface area (Å²) in [6, 6.07) is 8.31. The molecule has 3 rings (SSSR count). The molecule has 0 bridgehead atoms. The summed E-state index contributed by atoms with van der Waals surface area (Å²) in [4.78, 5) is 19.0. The van der Waals surface area contributed by atoms with E-state index in [4.69, 9.17) is 0 Å². The van der Waals surface area contributed by atoms with E-state index >= 15 is 0 Å². The van der Waals surface area contributed by atoms with E-state index in [2.05, 4.69) is 15.2 Å². The molecular weight excluding hydrogens is 294 g/mol. The van der Waals surface area contributed by atoms with Crippen molar-refractivity contribution in [2.24, 2.45) is 0 Å². The molecule has 1 amide bonds. The summed E-state index contributed by atoms with van der Waals surface area (Å²) in [6.45, 7) is 3.85. The van der Waals surface area contributed by atoms with Crippen molar-refractivity contribution < 1.29 is 4.79 Å². The van der Waals surface area contributed by atoms with Crippen LogP contribution in [0, 0.1) is 6.92 Å². The smallest absolute Gasteiger partial charge is 0.224 e. The van der Waals surface area contributed by atoms with Gasteiger partial charge in [-0.2, -0.15) is 11.3 Å². The van der Waals surface area contributed by atoms with E-state index in [9.17, 15) is 4.79 Å². The van der Waals surface area contributed by atoms with Crippen LogP contribution in [0.25, 0.3) is 0 Å². The van der Waals surface area contributed by atoms with Gasteiger partial charge in [-0.25, -0.2) is 4.98 Å². The first-order chi connectivity index (χ1) is 10.7. The molecule has 0 aromatic carbocycles. The number of pyridine rings is 1. The lowest BCUT2D eigenvalue weighted by atomic mass is 10.1. The molecule has 2 aromatic heterocycles. The number of thiophene rings is 1. The third-order valence-corrected chi connectivity index (χ3v) is 4.66. The maximum absolute atomic E-state index is 12.1. The van der Waals surface area contributed by atoms with Crippen LogP contribution in [0.4, 0.5) is 5.82 Å². The van der Waals surface area contributed by atoms with Crippen LogP contribution >= 0.6 is 11.3 Å². The van der Waals surface area contributed by atoms with Crippen LogP contribution in [0.1, 0.15) is 24.1 Å². The van der Waals surface area contributed by atoms with Gasteiger partial charge in [-0.3, -0.25) is 4.79 Å². The van der Waals surface area contributed by atoms with Crippen LogP contribution in [-0.4, -0.2) is 30.0 Å². The van der Waals surface area contributed by atoms with Crippen molar-refractivity contribution in [1.29, 1.82) is 0 Å². The van der Waals surface area contributed by atoms with Crippen LogP contribution in [0.15, 0.2) is 35.0 Å². The fourth-order valence-corrected chi connectivity index (χ4v) is 3.53. The summed E-state index contributed by atoms with van der Waals surface area (Å²) < 4.78 is 0. The second-order valence-electron chi connectivity index (χ2n) is 5.80. The van der Waals surface area contributed by atoms with Crippen LogP contribution in [0.2, 0.25) is 0 Å². The van der Waals surface area contributed by atoms with Crippen molar-refractivity contribution in [3.63, 3.8) is 0 Å². The van der Waals surface area contributed by atoms with Crippen molar-refractivity contribution in [3.05, 3.63) is 46.3 Å². The highest BCUT2D eigenvalue weighted by atomic mass is 32.1. The molecule has 3 heterocycles. The molecule has 116 valence electrons. The second-order valence-corrected chi connectivity index (χ2v) is 6.58. The summed E-state index contributed by atoms with van der Waals surface area (Å²) in [5.41, 5.74) is 2.12. The van der Waals surface area contributed by atoms with Gasteiger partial charge in [0.2, 0.25) is 5.91 Å². The number of hydrogen-bond donors (Lipinski definition) is 1. The predicted octanol–water partition coefficient (Wildman–Crippen LogP) is 2.78. The zero-order chi connectivity index (χ0) is 15.4. The van der Waals surface area contributed by atoms with Gasteiger partial charge in [-0.15, -0.1) is 0 Å². The molecule has 2 aromatic rings. The van der Waals surface area contributed by atoms with Crippen molar-refractivity contribution in [2.75, 3.05) is 18.0 Å². The summed E-state index contributed by atoms with van der Waals surface area (Å²) >= 11 is 1.63. The first kappa shape index (κ1) is 15.0. The highest BCUT2D eigenvalue weighted by molar-refractivity contribution is 7.07. The van der Waals surface area contributed by atoms with E-state index in [0.717, 1.165) is 43.0 Å². The van der Waals surface area contributed by atoms with Crippen LogP contribution in [0.3, 0.4) is 0 Å². The van der Waals surface area contributed by atoms with E-state index in [1.807, 2.05) is 41.9 Å². The van der Waals surface area contributed by atoms with Crippen molar-refractivity contribution >= 4 is 23.1 Å². The monoisotopic (exact) mass is 315 g/mol. The first-order valence-electron chi connectivity index (χ1n) is 7.70. The van der Waals surface area contributed by atoms with E-state index in [-0.39, 0.29) is 11.9 Å². The molecule has 5 heteroatoms. The summed E-state index contributed by atoms with van der Waals surface area (Å²) in [7, 11) is 0. The largest absolute Gasteiger partial charge is 0.355 e. The molecule has 1 atom stereocenters. The molecular formula is C17H21N3OS. The maximum Gasteiger partial charge on any atom is 0.224 e. The van der Waals surface area contributed by atoms with Crippen molar-refractivity contribution in [2.45, 2.75) is 32.2 Å². The lowest BCUT2D eigenvalue weighted by molar-refractivity contribution is -0.121. The number of nitrogens with one attached hydrogen (secondary N) is 1. The van der Waals surface area contributed by atoms with Crippen molar-refractivity contribution in [1.82, 2.24) is 10.3 Å². The highest BCUT2D eigenvalue weighted by Gasteiger charge is 2.22. The minimum Gasteiger partial charge on any atom is -0.355 e. The first-order valence-corrected chi connectivity index (χ1v) is 8.64. The number of aryl methyl sites for hydroxylation is 1. The molecule has 0 spiro atoms. The van der Waals surface area contributed by atoms with Gasteiger partial charge in [0.25, 0.3) is 0 Å². The van der Waals surface area contributed by atoms with Crippen LogP contribution in [-0.2, 0) is 11.2 Å². The van der Waals surface area contributed by atoms with Gasteiger partial charge in [0.15, 0.2) is 0 Å². The number of rotatable bonds is 4. The number of piperidine rings is 1. The zero-order valence-electron chi connectivity index (χ0n) is 12.8. The Bertz CT molecular complexity index is 627. The number of amides is 1. The Kier molecular flexibility index (Phi) is 4.73. The average molecular weight is 315 g/mol. The van der Waals surface area contributed by atoms with Gasteiger partial charge in [0.1, 0.15) is 5.82 Å². The Hall–Kier alpha value is -1.88. The number of carbonyl (C=O) groups is 1. The Labute approximate surface area is 135 Å². The Morgan fingerprint density at radius 3 is 3.14 bits per heavy atom. The lowest BCUT2D eigenvalue weighted by Gasteiger charge is -2.34. The van der Waals surface area contributed by atoms with E-state index in [0.29, 0.717) is 6.42 Å². The molecule has 0 radical (unpaired) electrons. The Morgan fingerprint density at radius 2 is 2.36 bits per heavy atom. The molecule has 1 N–H and O–H groups in total. The minimum atomic E-state index is 0.113. The summed E-state index contributed by atoms with van der Waals surface area (Å²) in [5.74, 6) is 1.12. The normalized spacial score (nSPS) is 18.2. The molecule has 1 unspecified atom stereocenters. The average Bonchev–Trinajstić information content (AvgIpc) is 3.00. The predicted molar refractivity (Wildman–Crippen MR) is 90.4 cm³/mol. The minimum absolute atomic E-state index is 0.113. The van der Waals surface area contributed by atoms with Crippen LogP contribution in [0.5, 0.6) is 0 Å². The SMILES string of the molecule is Cc1cccc(N2CCCC(NC(=O)Cc3ccsc3)C2)n1. The third-order valence-electron chi connectivity index (χ3n) is 3.93. The number of aromatic nitrogens is 1. The van der Waals surface area contributed by atoms with E-state index in [1.165, 1.54) is 0 Å². The quantitative estimate of drug-likeness (QED) is 0.943. The van der Waals surface area contributed by atoms with Crippen molar-refractivity contribution in [3.8, 4) is 0 Å².